The highest BCUT2D eigenvalue weighted by molar-refractivity contribution is 7.17. The van der Waals surface area contributed by atoms with Gasteiger partial charge in [-0.1, -0.05) is 29.8 Å². The van der Waals surface area contributed by atoms with Crippen molar-refractivity contribution in [3.8, 4) is 11.1 Å². The van der Waals surface area contributed by atoms with E-state index in [4.69, 9.17) is 4.98 Å². The molecule has 6 rings (SSSR count). The number of aromatic nitrogens is 4. The van der Waals surface area contributed by atoms with Crippen LogP contribution in [0.1, 0.15) is 11.3 Å². The molecule has 0 aliphatic carbocycles. The summed E-state index contributed by atoms with van der Waals surface area (Å²) in [5, 5.41) is 5.22. The molecular formula is C24H22N6OS2. The minimum atomic E-state index is -0.0145. The molecule has 0 unspecified atom stereocenters. The Morgan fingerprint density at radius 2 is 1.85 bits per heavy atom. The summed E-state index contributed by atoms with van der Waals surface area (Å²) in [6, 6.07) is 10.3. The number of anilines is 1. The van der Waals surface area contributed by atoms with Gasteiger partial charge in [0, 0.05) is 61.3 Å². The molecule has 0 bridgehead atoms. The fourth-order valence-corrected chi connectivity index (χ4v) is 6.01. The summed E-state index contributed by atoms with van der Waals surface area (Å²) >= 11 is 3.16. The number of benzene rings is 1. The summed E-state index contributed by atoms with van der Waals surface area (Å²) < 4.78 is 1.60. The summed E-state index contributed by atoms with van der Waals surface area (Å²) in [6.07, 6.45) is 3.45. The predicted octanol–water partition coefficient (Wildman–Crippen LogP) is 4.06. The van der Waals surface area contributed by atoms with Crippen molar-refractivity contribution >= 4 is 43.7 Å². The van der Waals surface area contributed by atoms with Gasteiger partial charge in [-0.3, -0.25) is 14.1 Å². The summed E-state index contributed by atoms with van der Waals surface area (Å²) in [4.78, 5) is 32.7. The first-order valence-corrected chi connectivity index (χ1v) is 12.6. The van der Waals surface area contributed by atoms with Crippen molar-refractivity contribution < 1.29 is 0 Å². The number of hydrogen-bond acceptors (Lipinski definition) is 8. The van der Waals surface area contributed by atoms with Gasteiger partial charge in [-0.2, -0.15) is 0 Å². The average molecular weight is 475 g/mol. The second-order valence-electron chi connectivity index (χ2n) is 8.30. The highest BCUT2D eigenvalue weighted by Gasteiger charge is 2.23. The van der Waals surface area contributed by atoms with E-state index in [1.165, 1.54) is 28.0 Å². The second-order valence-corrected chi connectivity index (χ2v) is 10.0. The van der Waals surface area contributed by atoms with Crippen LogP contribution >= 0.6 is 22.7 Å². The van der Waals surface area contributed by atoms with Gasteiger partial charge in [0.15, 0.2) is 4.96 Å². The monoisotopic (exact) mass is 474 g/mol. The first kappa shape index (κ1) is 20.5. The Bertz CT molecular complexity index is 1500. The van der Waals surface area contributed by atoms with Gasteiger partial charge in [0.1, 0.15) is 17.0 Å². The Labute approximate surface area is 198 Å². The molecule has 7 nitrogen and oxygen atoms in total. The molecule has 4 aromatic heterocycles. The largest absolute Gasteiger partial charge is 0.353 e. The molecule has 0 amide bonds. The van der Waals surface area contributed by atoms with Gasteiger partial charge in [0.05, 0.1) is 11.1 Å². The number of nitrogens with zero attached hydrogens (tertiary/aromatic N) is 6. The third-order valence-corrected chi connectivity index (χ3v) is 7.77. The zero-order valence-corrected chi connectivity index (χ0v) is 19.8. The Morgan fingerprint density at radius 3 is 2.67 bits per heavy atom. The van der Waals surface area contributed by atoms with Gasteiger partial charge in [-0.15, -0.1) is 22.7 Å². The molecule has 166 valence electrons. The van der Waals surface area contributed by atoms with Crippen molar-refractivity contribution in [3.05, 3.63) is 75.2 Å². The lowest BCUT2D eigenvalue weighted by atomic mass is 10.0. The second kappa shape index (κ2) is 8.33. The SMILES string of the molecule is Cc1ccc(-c2csc3ncnc(N4CCN(Cc5cc(=O)n6ccsc6n5)CC4)c23)cc1. The molecule has 0 N–H and O–H groups in total. The number of piperazine rings is 1. The maximum absolute atomic E-state index is 12.3. The van der Waals surface area contributed by atoms with E-state index in [0.717, 1.165) is 52.9 Å². The van der Waals surface area contributed by atoms with Crippen molar-refractivity contribution in [2.45, 2.75) is 13.5 Å². The number of thiophene rings is 1. The van der Waals surface area contributed by atoms with Crippen LogP contribution < -0.4 is 10.5 Å². The lowest BCUT2D eigenvalue weighted by Crippen LogP contribution is -2.46. The Morgan fingerprint density at radius 1 is 1.03 bits per heavy atom. The molecule has 5 aromatic rings. The van der Waals surface area contributed by atoms with E-state index in [-0.39, 0.29) is 5.56 Å². The van der Waals surface area contributed by atoms with Crippen LogP contribution in [0.3, 0.4) is 0 Å². The van der Waals surface area contributed by atoms with Gasteiger partial charge < -0.3 is 4.90 Å². The number of thiazole rings is 1. The Balaban J connectivity index is 1.23. The lowest BCUT2D eigenvalue weighted by molar-refractivity contribution is 0.247. The molecular weight excluding hydrogens is 452 g/mol. The van der Waals surface area contributed by atoms with E-state index < -0.39 is 0 Å². The van der Waals surface area contributed by atoms with Gasteiger partial charge in [-0.05, 0) is 12.5 Å². The van der Waals surface area contributed by atoms with Crippen LogP contribution in [0.25, 0.3) is 26.3 Å². The molecule has 1 saturated heterocycles. The van der Waals surface area contributed by atoms with Crippen molar-refractivity contribution in [1.82, 2.24) is 24.3 Å². The lowest BCUT2D eigenvalue weighted by Gasteiger charge is -2.35. The van der Waals surface area contributed by atoms with Crippen molar-refractivity contribution in [2.75, 3.05) is 31.1 Å². The van der Waals surface area contributed by atoms with Gasteiger partial charge in [0.2, 0.25) is 0 Å². The summed E-state index contributed by atoms with van der Waals surface area (Å²) in [5.74, 6) is 1.01. The van der Waals surface area contributed by atoms with Crippen LogP contribution in [-0.4, -0.2) is 50.4 Å². The third kappa shape index (κ3) is 3.82. The maximum Gasteiger partial charge on any atom is 0.258 e. The molecule has 0 atom stereocenters. The minimum Gasteiger partial charge on any atom is -0.353 e. The Hall–Kier alpha value is -3.14. The quantitative estimate of drug-likeness (QED) is 0.391. The van der Waals surface area contributed by atoms with E-state index in [0.29, 0.717) is 6.54 Å². The molecule has 33 heavy (non-hydrogen) atoms. The zero-order valence-electron chi connectivity index (χ0n) is 18.1. The van der Waals surface area contributed by atoms with E-state index >= 15 is 0 Å². The summed E-state index contributed by atoms with van der Waals surface area (Å²) in [7, 11) is 0. The van der Waals surface area contributed by atoms with E-state index in [1.54, 1.807) is 34.3 Å². The summed E-state index contributed by atoms with van der Waals surface area (Å²) in [5.41, 5.74) is 4.46. The van der Waals surface area contributed by atoms with Crippen LogP contribution in [0.15, 0.2) is 58.4 Å². The number of aryl methyl sites for hydroxylation is 1. The van der Waals surface area contributed by atoms with Crippen molar-refractivity contribution in [1.29, 1.82) is 0 Å². The van der Waals surface area contributed by atoms with Gasteiger partial charge in [0.25, 0.3) is 5.56 Å². The molecule has 1 aromatic carbocycles. The first-order valence-electron chi connectivity index (χ1n) is 10.9. The molecule has 0 radical (unpaired) electrons. The predicted molar refractivity (Wildman–Crippen MR) is 134 cm³/mol. The molecule has 0 saturated carbocycles. The maximum atomic E-state index is 12.3. The fraction of sp³-hybridized carbons (Fsp3) is 0.250. The summed E-state index contributed by atoms with van der Waals surface area (Å²) in [6.45, 7) is 6.31. The fourth-order valence-electron chi connectivity index (χ4n) is 4.36. The van der Waals surface area contributed by atoms with Crippen LogP contribution in [0.2, 0.25) is 0 Å². The van der Waals surface area contributed by atoms with Crippen LogP contribution in [0, 0.1) is 6.92 Å². The molecule has 1 fully saturated rings. The standard InChI is InChI=1S/C24H22N6OS2/c1-16-2-4-17(5-3-16)19-14-33-23-21(19)22(25-15-26-23)29-8-6-28(7-9-29)13-18-12-20(31)30-10-11-32-24(30)27-18/h2-5,10-12,14-15H,6-9,13H2,1H3. The van der Waals surface area contributed by atoms with Gasteiger partial charge >= 0.3 is 0 Å². The highest BCUT2D eigenvalue weighted by Crippen LogP contribution is 2.38. The first-order chi connectivity index (χ1) is 16.2. The molecule has 1 aliphatic heterocycles. The van der Waals surface area contributed by atoms with Crippen LogP contribution in [0.4, 0.5) is 5.82 Å². The molecule has 9 heteroatoms. The highest BCUT2D eigenvalue weighted by atomic mass is 32.1. The van der Waals surface area contributed by atoms with Gasteiger partial charge in [-0.25, -0.2) is 15.0 Å². The topological polar surface area (TPSA) is 66.6 Å². The average Bonchev–Trinajstić information content (AvgIpc) is 3.48. The van der Waals surface area contributed by atoms with E-state index in [1.807, 2.05) is 5.38 Å². The number of rotatable bonds is 4. The number of hydrogen-bond donors (Lipinski definition) is 0. The molecule has 1 aliphatic rings. The third-order valence-electron chi connectivity index (χ3n) is 6.13. The molecule has 0 spiro atoms. The minimum absolute atomic E-state index is 0.0145. The van der Waals surface area contributed by atoms with E-state index in [9.17, 15) is 4.79 Å². The van der Waals surface area contributed by atoms with Crippen molar-refractivity contribution in [3.63, 3.8) is 0 Å². The Kier molecular flexibility index (Phi) is 5.17. The van der Waals surface area contributed by atoms with E-state index in [2.05, 4.69) is 56.3 Å². The van der Waals surface area contributed by atoms with Crippen molar-refractivity contribution in [2.24, 2.45) is 0 Å². The number of fused-ring (bicyclic) bond motifs is 2. The zero-order chi connectivity index (χ0) is 22.4. The normalized spacial score (nSPS) is 15.0. The van der Waals surface area contributed by atoms with Crippen LogP contribution in [0.5, 0.6) is 0 Å². The van der Waals surface area contributed by atoms with Crippen LogP contribution in [-0.2, 0) is 6.54 Å². The smallest absolute Gasteiger partial charge is 0.258 e. The molecule has 5 heterocycles.